The number of ether oxygens (including phenoxy) is 1. The zero-order chi connectivity index (χ0) is 20.0. The van der Waals surface area contributed by atoms with E-state index in [1.807, 2.05) is 26.8 Å². The number of rotatable bonds is 2. The first kappa shape index (κ1) is 14.6. The molecule has 1 unspecified atom stereocenters. The van der Waals surface area contributed by atoms with Crippen molar-refractivity contribution < 1.29 is 13.1 Å². The second kappa shape index (κ2) is 6.65. The Balaban J connectivity index is 1.93. The van der Waals surface area contributed by atoms with Gasteiger partial charge in [-0.2, -0.15) is 4.40 Å². The van der Waals surface area contributed by atoms with E-state index in [4.69, 9.17) is 13.2 Å². The molecule has 3 nitrogen and oxygen atoms in total. The van der Waals surface area contributed by atoms with Crippen molar-refractivity contribution >= 4 is 32.6 Å². The van der Waals surface area contributed by atoms with Crippen LogP contribution in [-0.4, -0.2) is 27.8 Å². The monoisotopic (exact) mass is 414 g/mol. The molecule has 1 aromatic rings. The minimum atomic E-state index is -2.36. The molecule has 1 spiro atoms. The van der Waals surface area contributed by atoms with Crippen molar-refractivity contribution in [2.45, 2.75) is 63.7 Å². The molecule has 0 aliphatic heterocycles. The van der Waals surface area contributed by atoms with Gasteiger partial charge in [-0.05, 0) is 70.6 Å². The van der Waals surface area contributed by atoms with E-state index in [9.17, 15) is 4.21 Å². The Bertz CT molecular complexity index is 778. The third-order valence-corrected chi connectivity index (χ3v) is 7.00. The fraction of sp³-hybridized carbons (Fsp3) is 0.632. The molecule has 1 saturated carbocycles. The molecule has 2 aliphatic rings. The Morgan fingerprint density at radius 1 is 1.38 bits per heavy atom. The topological polar surface area (TPSA) is 38.7 Å². The summed E-state index contributed by atoms with van der Waals surface area (Å²) in [6.07, 6.45) is 3.54. The lowest BCUT2D eigenvalue weighted by atomic mass is 9.70. The Morgan fingerprint density at radius 2 is 2.08 bits per heavy atom. The highest BCUT2D eigenvalue weighted by Crippen LogP contribution is 2.49. The van der Waals surface area contributed by atoms with Crippen LogP contribution in [0.4, 0.5) is 0 Å². The zero-order valence-corrected chi connectivity index (χ0v) is 16.8. The van der Waals surface area contributed by atoms with Gasteiger partial charge in [-0.3, -0.25) is 0 Å². The van der Waals surface area contributed by atoms with Crippen molar-refractivity contribution in [1.29, 1.82) is 0 Å². The minimum absolute atomic E-state index is 0.182. The van der Waals surface area contributed by atoms with Crippen LogP contribution in [0.5, 0.6) is 0 Å². The number of hydrogen-bond acceptors (Lipinski definition) is 2. The molecule has 0 radical (unpaired) electrons. The van der Waals surface area contributed by atoms with Crippen molar-refractivity contribution in [2.75, 3.05) is 7.04 Å². The third kappa shape index (κ3) is 3.40. The van der Waals surface area contributed by atoms with Gasteiger partial charge < -0.3 is 4.74 Å². The Labute approximate surface area is 160 Å². The van der Waals surface area contributed by atoms with E-state index in [0.717, 1.165) is 35.0 Å². The second-order valence-corrected chi connectivity index (χ2v) is 10.7. The average Bonchev–Trinajstić information content (AvgIpc) is 2.81. The van der Waals surface area contributed by atoms with Gasteiger partial charge in [0.25, 0.3) is 0 Å². The molecule has 2 aliphatic carbocycles. The molecule has 0 saturated heterocycles. The quantitative estimate of drug-likeness (QED) is 0.694. The molecule has 5 heteroatoms. The summed E-state index contributed by atoms with van der Waals surface area (Å²) in [5.74, 6) is 0. The molecular formula is C19H26BrNO2S. The first-order chi connectivity index (χ1) is 12.4. The predicted molar refractivity (Wildman–Crippen MR) is 104 cm³/mol. The van der Waals surface area contributed by atoms with E-state index < -0.39 is 22.8 Å². The van der Waals surface area contributed by atoms with Crippen LogP contribution in [0.15, 0.2) is 27.1 Å². The molecule has 24 heavy (non-hydrogen) atoms. The smallest absolute Gasteiger partial charge is 0.145 e. The van der Waals surface area contributed by atoms with Gasteiger partial charge in [0.05, 0.1) is 20.7 Å². The molecule has 132 valence electrons. The normalized spacial score (nSPS) is 32.2. The van der Waals surface area contributed by atoms with E-state index in [-0.39, 0.29) is 11.5 Å². The van der Waals surface area contributed by atoms with Crippen molar-refractivity contribution in [2.24, 2.45) is 9.81 Å². The number of methoxy groups -OCH3 is 1. The van der Waals surface area contributed by atoms with Gasteiger partial charge in [0, 0.05) is 22.5 Å². The Hall–Kier alpha value is -0.520. The summed E-state index contributed by atoms with van der Waals surface area (Å²) in [7, 11) is -3.70. The summed E-state index contributed by atoms with van der Waals surface area (Å²) in [5.41, 5.74) is 3.02. The van der Waals surface area contributed by atoms with Crippen LogP contribution >= 0.6 is 15.9 Å². The summed E-state index contributed by atoms with van der Waals surface area (Å²) in [6, 6.07) is 6.20. The van der Waals surface area contributed by atoms with Gasteiger partial charge in [-0.15, -0.1) is 0 Å². The summed E-state index contributed by atoms with van der Waals surface area (Å²) in [4.78, 5) is 0. The van der Waals surface area contributed by atoms with Crippen LogP contribution in [0.1, 0.15) is 61.7 Å². The molecule has 0 bridgehead atoms. The SMILES string of the molecule is [2H]C([2H])([2H])OC1CCC2(CC1)Cc1ccc(Br)cc1C2=NS(=O)C(C)(C)C. The molecule has 0 amide bonds. The van der Waals surface area contributed by atoms with Crippen LogP contribution in [0, 0.1) is 5.41 Å². The lowest BCUT2D eigenvalue weighted by Crippen LogP contribution is -2.36. The van der Waals surface area contributed by atoms with Crippen molar-refractivity contribution in [3.05, 3.63) is 33.8 Å². The highest BCUT2D eigenvalue weighted by Gasteiger charge is 2.46. The zero-order valence-electron chi connectivity index (χ0n) is 17.4. The summed E-state index contributed by atoms with van der Waals surface area (Å²) in [6.45, 7) is 5.78. The maximum Gasteiger partial charge on any atom is 0.145 e. The highest BCUT2D eigenvalue weighted by molar-refractivity contribution is 9.10. The Kier molecular flexibility index (Phi) is 4.06. The van der Waals surface area contributed by atoms with Crippen LogP contribution in [-0.2, 0) is 22.1 Å². The van der Waals surface area contributed by atoms with Gasteiger partial charge in [0.15, 0.2) is 0 Å². The van der Waals surface area contributed by atoms with Crippen LogP contribution < -0.4 is 0 Å². The maximum absolute atomic E-state index is 12.8. The van der Waals surface area contributed by atoms with Gasteiger partial charge in [-0.25, -0.2) is 4.21 Å². The molecule has 0 heterocycles. The van der Waals surface area contributed by atoms with Gasteiger partial charge >= 0.3 is 0 Å². The highest BCUT2D eigenvalue weighted by atomic mass is 79.9. The lowest BCUT2D eigenvalue weighted by molar-refractivity contribution is 0.0468. The van der Waals surface area contributed by atoms with E-state index >= 15 is 0 Å². The van der Waals surface area contributed by atoms with E-state index in [0.29, 0.717) is 12.8 Å². The summed E-state index contributed by atoms with van der Waals surface area (Å²) in [5, 5.41) is 0. The van der Waals surface area contributed by atoms with Crippen LogP contribution in [0.25, 0.3) is 0 Å². The standard InChI is InChI=1S/C19H26BrNO2S/c1-18(2,3)24(22)21-17-16-11-14(20)6-5-13(16)12-19(17)9-7-15(23-4)8-10-19/h5-6,11,15H,7-10,12H2,1-4H3/i4D3. The van der Waals surface area contributed by atoms with E-state index in [2.05, 4.69) is 28.1 Å². The number of nitrogens with zero attached hydrogens (tertiary/aromatic N) is 1. The average molecular weight is 415 g/mol. The minimum Gasteiger partial charge on any atom is -0.381 e. The fourth-order valence-electron chi connectivity index (χ4n) is 3.70. The maximum atomic E-state index is 12.8. The third-order valence-electron chi connectivity index (χ3n) is 5.11. The lowest BCUT2D eigenvalue weighted by Gasteiger charge is -2.37. The summed E-state index contributed by atoms with van der Waals surface area (Å²) < 4.78 is 45.3. The first-order valence-electron chi connectivity index (χ1n) is 9.87. The van der Waals surface area contributed by atoms with Crippen molar-refractivity contribution in [3.63, 3.8) is 0 Å². The fourth-order valence-corrected chi connectivity index (χ4v) is 4.79. The van der Waals surface area contributed by atoms with E-state index in [1.54, 1.807) is 0 Å². The van der Waals surface area contributed by atoms with Crippen molar-refractivity contribution in [3.8, 4) is 0 Å². The van der Waals surface area contributed by atoms with Crippen LogP contribution in [0.3, 0.4) is 0 Å². The van der Waals surface area contributed by atoms with Crippen LogP contribution in [0.2, 0.25) is 0 Å². The van der Waals surface area contributed by atoms with Crippen molar-refractivity contribution in [1.82, 2.24) is 0 Å². The number of fused-ring (bicyclic) bond motifs is 1. The first-order valence-corrected chi connectivity index (χ1v) is 10.3. The molecule has 1 aromatic carbocycles. The van der Waals surface area contributed by atoms with Gasteiger partial charge in [0.2, 0.25) is 0 Å². The predicted octanol–water partition coefficient (Wildman–Crippen LogP) is 4.83. The summed E-state index contributed by atoms with van der Waals surface area (Å²) >= 11 is 3.54. The Morgan fingerprint density at radius 3 is 2.71 bits per heavy atom. The molecular weight excluding hydrogens is 386 g/mol. The largest absolute Gasteiger partial charge is 0.381 e. The molecule has 0 N–H and O–H groups in total. The number of halogens is 1. The number of hydrogen-bond donors (Lipinski definition) is 0. The van der Waals surface area contributed by atoms with Gasteiger partial charge in [0.1, 0.15) is 11.0 Å². The molecule has 0 aromatic heterocycles. The number of benzene rings is 1. The molecule has 3 rings (SSSR count). The molecule has 1 fully saturated rings. The van der Waals surface area contributed by atoms with E-state index in [1.165, 1.54) is 5.56 Å². The second-order valence-electron chi connectivity index (χ2n) is 7.88. The molecule has 1 atom stereocenters. The van der Waals surface area contributed by atoms with Gasteiger partial charge in [-0.1, -0.05) is 22.0 Å².